The van der Waals surface area contributed by atoms with E-state index in [1.165, 1.54) is 16.2 Å². The lowest BCUT2D eigenvalue weighted by Gasteiger charge is -2.12. The van der Waals surface area contributed by atoms with E-state index >= 15 is 0 Å². The van der Waals surface area contributed by atoms with Crippen LogP contribution in [0.1, 0.15) is 63.5 Å². The molecular formula is C18H23N3O3S. The summed E-state index contributed by atoms with van der Waals surface area (Å²) in [5, 5.41) is 7.83. The van der Waals surface area contributed by atoms with Crippen molar-refractivity contribution in [2.45, 2.75) is 53.0 Å². The van der Waals surface area contributed by atoms with E-state index in [4.69, 9.17) is 4.74 Å². The van der Waals surface area contributed by atoms with Crippen LogP contribution in [-0.2, 0) is 24.1 Å². The smallest absolute Gasteiger partial charge is 0.341 e. The summed E-state index contributed by atoms with van der Waals surface area (Å²) in [6.45, 7) is 6.60. The Morgan fingerprint density at radius 3 is 2.76 bits per heavy atom. The van der Waals surface area contributed by atoms with Crippen LogP contribution in [-0.4, -0.2) is 28.3 Å². The minimum absolute atomic E-state index is 0.235. The first kappa shape index (κ1) is 17.7. The Labute approximate surface area is 151 Å². The fraction of sp³-hybridized carbons (Fsp3) is 0.500. The lowest BCUT2D eigenvalue weighted by atomic mass is 9.95. The first-order valence-corrected chi connectivity index (χ1v) is 9.53. The number of carbonyl (C=O) groups is 2. The first-order valence-electron chi connectivity index (χ1n) is 8.72. The van der Waals surface area contributed by atoms with Crippen molar-refractivity contribution in [1.82, 2.24) is 9.78 Å². The van der Waals surface area contributed by atoms with Crippen LogP contribution < -0.4 is 5.32 Å². The Balaban J connectivity index is 1.93. The number of carbonyl (C=O) groups excluding carboxylic acids is 2. The van der Waals surface area contributed by atoms with E-state index < -0.39 is 0 Å². The highest BCUT2D eigenvalue weighted by atomic mass is 32.1. The van der Waals surface area contributed by atoms with Crippen molar-refractivity contribution in [2.75, 3.05) is 11.9 Å². The van der Waals surface area contributed by atoms with Gasteiger partial charge in [0.05, 0.1) is 23.4 Å². The third-order valence-corrected chi connectivity index (χ3v) is 5.60. The van der Waals surface area contributed by atoms with Gasteiger partial charge in [0.25, 0.3) is 5.91 Å². The zero-order valence-corrected chi connectivity index (χ0v) is 15.7. The molecule has 134 valence electrons. The van der Waals surface area contributed by atoms with E-state index in [9.17, 15) is 9.59 Å². The van der Waals surface area contributed by atoms with Crippen LogP contribution in [0, 0.1) is 6.92 Å². The largest absolute Gasteiger partial charge is 0.462 e. The van der Waals surface area contributed by atoms with Gasteiger partial charge in [0.15, 0.2) is 0 Å². The highest BCUT2D eigenvalue weighted by Crippen LogP contribution is 2.38. The lowest BCUT2D eigenvalue weighted by molar-refractivity contribution is 0.0526. The van der Waals surface area contributed by atoms with Crippen LogP contribution in [0.3, 0.4) is 0 Å². The molecule has 0 spiro atoms. The molecule has 0 bridgehead atoms. The maximum absolute atomic E-state index is 12.7. The Hall–Kier alpha value is -2.15. The predicted molar refractivity (Wildman–Crippen MR) is 97.5 cm³/mol. The summed E-state index contributed by atoms with van der Waals surface area (Å²) >= 11 is 1.50. The van der Waals surface area contributed by atoms with Crippen molar-refractivity contribution < 1.29 is 14.3 Å². The number of anilines is 1. The predicted octanol–water partition coefficient (Wildman–Crippen LogP) is 3.58. The number of thiophene rings is 1. The Morgan fingerprint density at radius 1 is 1.32 bits per heavy atom. The quantitative estimate of drug-likeness (QED) is 0.826. The minimum Gasteiger partial charge on any atom is -0.462 e. The number of hydrogen-bond acceptors (Lipinski definition) is 5. The summed E-state index contributed by atoms with van der Waals surface area (Å²) in [7, 11) is 0. The van der Waals surface area contributed by atoms with Crippen molar-refractivity contribution in [2.24, 2.45) is 0 Å². The van der Waals surface area contributed by atoms with E-state index in [2.05, 4.69) is 10.4 Å². The van der Waals surface area contributed by atoms with Crippen LogP contribution in [0.2, 0.25) is 0 Å². The molecule has 0 radical (unpaired) electrons. The van der Waals surface area contributed by atoms with E-state index in [0.29, 0.717) is 35.0 Å². The molecule has 2 heterocycles. The second kappa shape index (κ2) is 7.39. The van der Waals surface area contributed by atoms with Gasteiger partial charge >= 0.3 is 5.97 Å². The summed E-state index contributed by atoms with van der Waals surface area (Å²) in [6, 6.07) is 0. The molecule has 1 aliphatic carbocycles. The average Bonchev–Trinajstić information content (AvgIpc) is 3.14. The molecule has 0 unspecified atom stereocenters. The highest BCUT2D eigenvalue weighted by molar-refractivity contribution is 7.17. The molecule has 3 rings (SSSR count). The van der Waals surface area contributed by atoms with Crippen LogP contribution >= 0.6 is 11.3 Å². The Morgan fingerprint density at radius 2 is 2.08 bits per heavy atom. The van der Waals surface area contributed by atoms with Gasteiger partial charge in [-0.05, 0) is 52.0 Å². The molecule has 0 fully saturated rings. The standard InChI is InChI=1S/C18H23N3O3S/c1-4-21-10-13(11(3)20-21)16(22)19-17-15(18(23)24-5-2)12-8-6-7-9-14(12)25-17/h10H,4-9H2,1-3H3,(H,19,22). The molecular weight excluding hydrogens is 338 g/mol. The van der Waals surface area contributed by atoms with Gasteiger partial charge in [0.2, 0.25) is 0 Å². The average molecular weight is 361 g/mol. The summed E-state index contributed by atoms with van der Waals surface area (Å²) in [6.07, 6.45) is 5.73. The number of esters is 1. The molecule has 7 heteroatoms. The number of nitrogens with one attached hydrogen (secondary N) is 1. The highest BCUT2D eigenvalue weighted by Gasteiger charge is 2.28. The number of rotatable bonds is 5. The third-order valence-electron chi connectivity index (χ3n) is 4.39. The molecule has 0 saturated heterocycles. The lowest BCUT2D eigenvalue weighted by Crippen LogP contribution is -2.16. The minimum atomic E-state index is -0.349. The molecule has 2 aromatic rings. The zero-order valence-electron chi connectivity index (χ0n) is 14.8. The number of hydrogen-bond donors (Lipinski definition) is 1. The molecule has 25 heavy (non-hydrogen) atoms. The second-order valence-corrected chi connectivity index (χ2v) is 7.18. The van der Waals surface area contributed by atoms with Crippen molar-refractivity contribution in [1.29, 1.82) is 0 Å². The van der Waals surface area contributed by atoms with Gasteiger partial charge in [-0.1, -0.05) is 0 Å². The maximum Gasteiger partial charge on any atom is 0.341 e. The van der Waals surface area contributed by atoms with E-state index in [1.54, 1.807) is 17.8 Å². The molecule has 0 aliphatic heterocycles. The fourth-order valence-electron chi connectivity index (χ4n) is 3.15. The third kappa shape index (κ3) is 3.46. The number of aryl methyl sites for hydroxylation is 3. The van der Waals surface area contributed by atoms with Gasteiger partial charge in [0, 0.05) is 17.6 Å². The Kier molecular flexibility index (Phi) is 5.22. The summed E-state index contributed by atoms with van der Waals surface area (Å²) < 4.78 is 6.96. The molecule has 1 aliphatic rings. The normalized spacial score (nSPS) is 13.4. The van der Waals surface area contributed by atoms with Gasteiger partial charge < -0.3 is 10.1 Å². The van der Waals surface area contributed by atoms with Crippen LogP contribution in [0.5, 0.6) is 0 Å². The molecule has 1 N–H and O–H groups in total. The monoisotopic (exact) mass is 361 g/mol. The van der Waals surface area contributed by atoms with Crippen LogP contribution in [0.15, 0.2) is 6.20 Å². The zero-order chi connectivity index (χ0) is 18.0. The Bertz CT molecular complexity index is 807. The van der Waals surface area contributed by atoms with Gasteiger partial charge in [-0.25, -0.2) is 4.79 Å². The van der Waals surface area contributed by atoms with Crippen molar-refractivity contribution in [3.8, 4) is 0 Å². The second-order valence-electron chi connectivity index (χ2n) is 6.07. The van der Waals surface area contributed by atoms with Crippen molar-refractivity contribution in [3.63, 3.8) is 0 Å². The molecule has 0 aromatic carbocycles. The number of fused-ring (bicyclic) bond motifs is 1. The number of ether oxygens (including phenoxy) is 1. The summed E-state index contributed by atoms with van der Waals surface area (Å²) in [4.78, 5) is 26.3. The number of aromatic nitrogens is 2. The topological polar surface area (TPSA) is 73.2 Å². The summed E-state index contributed by atoms with van der Waals surface area (Å²) in [5.41, 5.74) is 2.79. The summed E-state index contributed by atoms with van der Waals surface area (Å²) in [5.74, 6) is -0.584. The van der Waals surface area contributed by atoms with Crippen molar-refractivity contribution in [3.05, 3.63) is 33.5 Å². The molecule has 0 atom stereocenters. The molecule has 1 amide bonds. The number of nitrogens with zero attached hydrogens (tertiary/aromatic N) is 2. The van der Waals surface area contributed by atoms with Crippen molar-refractivity contribution >= 4 is 28.2 Å². The molecule has 6 nitrogen and oxygen atoms in total. The first-order chi connectivity index (χ1) is 12.0. The van der Waals surface area contributed by atoms with Gasteiger partial charge in [-0.3, -0.25) is 9.48 Å². The van der Waals surface area contributed by atoms with Gasteiger partial charge in [-0.2, -0.15) is 5.10 Å². The maximum atomic E-state index is 12.7. The van der Waals surface area contributed by atoms with Gasteiger partial charge in [0.1, 0.15) is 5.00 Å². The van der Waals surface area contributed by atoms with Crippen LogP contribution in [0.25, 0.3) is 0 Å². The van der Waals surface area contributed by atoms with Crippen LogP contribution in [0.4, 0.5) is 5.00 Å². The van der Waals surface area contributed by atoms with E-state index in [-0.39, 0.29) is 11.9 Å². The van der Waals surface area contributed by atoms with E-state index in [0.717, 1.165) is 31.2 Å². The fourth-order valence-corrected chi connectivity index (χ4v) is 4.42. The molecule has 2 aromatic heterocycles. The molecule has 0 saturated carbocycles. The SMILES string of the molecule is CCOC(=O)c1c(NC(=O)c2cn(CC)nc2C)sc2c1CCCC2. The van der Waals surface area contributed by atoms with E-state index in [1.807, 2.05) is 13.8 Å². The number of amides is 1. The van der Waals surface area contributed by atoms with Gasteiger partial charge in [-0.15, -0.1) is 11.3 Å².